The summed E-state index contributed by atoms with van der Waals surface area (Å²) in [6.07, 6.45) is 19.3. The molecule has 0 aliphatic heterocycles. The fourth-order valence-electron chi connectivity index (χ4n) is 3.80. The monoisotopic (exact) mass is 545 g/mol. The Hall–Kier alpha value is 0.486. The van der Waals surface area contributed by atoms with E-state index in [1.54, 1.807) is 0 Å². The Morgan fingerprint density at radius 1 is 0.629 bits per heavy atom. The molecule has 9 heteroatoms. The zero-order valence-corrected chi connectivity index (χ0v) is 26.7. The Morgan fingerprint density at radius 2 is 0.971 bits per heavy atom. The summed E-state index contributed by atoms with van der Waals surface area (Å²) in [5.74, 6) is -1.91. The molecule has 0 fully saturated rings. The topological polar surface area (TPSA) is 107 Å². The summed E-state index contributed by atoms with van der Waals surface area (Å²) in [6.45, 7) is 4.64. The molecule has 1 N–H and O–H groups in total. The second-order valence-electron chi connectivity index (χ2n) is 9.25. The SMILES string of the molecule is CCCCCCCCCCCOC(=O)CC(C(=O)OCCCCCCCCCCC)S(=O)(=O)O.[K]. The van der Waals surface area contributed by atoms with E-state index in [0.717, 1.165) is 38.5 Å². The summed E-state index contributed by atoms with van der Waals surface area (Å²) < 4.78 is 42.6. The van der Waals surface area contributed by atoms with E-state index in [0.29, 0.717) is 12.8 Å². The normalized spacial score (nSPS) is 12.1. The second kappa shape index (κ2) is 26.1. The molecule has 1 atom stereocenters. The fourth-order valence-corrected chi connectivity index (χ4v) is 4.46. The van der Waals surface area contributed by atoms with Crippen LogP contribution in [0.25, 0.3) is 0 Å². The van der Waals surface area contributed by atoms with Crippen molar-refractivity contribution in [2.24, 2.45) is 0 Å². The molecule has 0 rings (SSSR count). The van der Waals surface area contributed by atoms with Gasteiger partial charge in [0.25, 0.3) is 10.1 Å². The van der Waals surface area contributed by atoms with E-state index in [1.807, 2.05) is 0 Å². The number of rotatable bonds is 24. The predicted molar refractivity (Wildman–Crippen MR) is 142 cm³/mol. The first-order valence-corrected chi connectivity index (χ1v) is 15.1. The zero-order valence-electron chi connectivity index (χ0n) is 22.7. The van der Waals surface area contributed by atoms with Gasteiger partial charge in [0, 0.05) is 51.4 Å². The average molecular weight is 546 g/mol. The van der Waals surface area contributed by atoms with Crippen molar-refractivity contribution in [1.82, 2.24) is 0 Å². The maximum absolute atomic E-state index is 12.1. The summed E-state index contributed by atoms with van der Waals surface area (Å²) in [4.78, 5) is 24.1. The van der Waals surface area contributed by atoms with Gasteiger partial charge in [-0.25, -0.2) is 0 Å². The van der Waals surface area contributed by atoms with E-state index in [-0.39, 0.29) is 64.6 Å². The van der Waals surface area contributed by atoms with Crippen LogP contribution < -0.4 is 0 Å². The molecule has 0 aliphatic rings. The van der Waals surface area contributed by atoms with Gasteiger partial charge in [0.15, 0.2) is 5.25 Å². The summed E-state index contributed by atoms with van der Waals surface area (Å²) >= 11 is 0. The molecule has 0 amide bonds. The van der Waals surface area contributed by atoms with Gasteiger partial charge < -0.3 is 9.47 Å². The van der Waals surface area contributed by atoms with Gasteiger partial charge in [-0.05, 0) is 12.8 Å². The molecule has 0 aromatic carbocycles. The molecule has 0 aromatic heterocycles. The molecule has 0 aliphatic carbocycles. The molecule has 1 radical (unpaired) electrons. The minimum absolute atomic E-state index is 0. The first-order chi connectivity index (χ1) is 16.3. The number of esters is 2. The molecule has 203 valence electrons. The fraction of sp³-hybridized carbons (Fsp3) is 0.923. The van der Waals surface area contributed by atoms with Crippen LogP contribution in [0.2, 0.25) is 0 Å². The number of carbonyl (C=O) groups excluding carboxylic acids is 2. The number of unbranched alkanes of at least 4 members (excludes halogenated alkanes) is 16. The smallest absolute Gasteiger partial charge is 0.327 e. The molecule has 0 saturated carbocycles. The Labute approximate surface area is 257 Å². The van der Waals surface area contributed by atoms with Crippen LogP contribution in [0.5, 0.6) is 0 Å². The Bertz CT molecular complexity index is 611. The van der Waals surface area contributed by atoms with Gasteiger partial charge in [-0.2, -0.15) is 8.42 Å². The molecule has 0 bridgehead atoms. The van der Waals surface area contributed by atoms with Crippen LogP contribution in [0.15, 0.2) is 0 Å². The van der Waals surface area contributed by atoms with E-state index in [2.05, 4.69) is 13.8 Å². The van der Waals surface area contributed by atoms with Gasteiger partial charge >= 0.3 is 11.9 Å². The largest absolute Gasteiger partial charge is 0.466 e. The maximum Gasteiger partial charge on any atom is 0.327 e. The number of hydrogen-bond acceptors (Lipinski definition) is 6. The maximum atomic E-state index is 12.1. The van der Waals surface area contributed by atoms with Crippen molar-refractivity contribution in [2.75, 3.05) is 13.2 Å². The molecule has 0 heterocycles. The van der Waals surface area contributed by atoms with Gasteiger partial charge in [0.2, 0.25) is 0 Å². The summed E-state index contributed by atoms with van der Waals surface area (Å²) in [7, 11) is -4.75. The van der Waals surface area contributed by atoms with E-state index >= 15 is 0 Å². The van der Waals surface area contributed by atoms with Crippen molar-refractivity contribution < 1.29 is 32.0 Å². The van der Waals surface area contributed by atoms with Gasteiger partial charge in [0.05, 0.1) is 19.6 Å². The average Bonchev–Trinajstić information content (AvgIpc) is 2.79. The summed E-state index contributed by atoms with van der Waals surface area (Å²) in [6, 6.07) is 0. The van der Waals surface area contributed by atoms with Gasteiger partial charge in [-0.1, -0.05) is 117 Å². The molecule has 0 aromatic rings. The van der Waals surface area contributed by atoms with Gasteiger partial charge in [0.1, 0.15) is 0 Å². The van der Waals surface area contributed by atoms with Crippen LogP contribution in [0.1, 0.15) is 136 Å². The molecule has 35 heavy (non-hydrogen) atoms. The van der Waals surface area contributed by atoms with Crippen molar-refractivity contribution in [3.05, 3.63) is 0 Å². The molecular formula is C26H50KO7S. The minimum Gasteiger partial charge on any atom is -0.466 e. The van der Waals surface area contributed by atoms with Crippen LogP contribution in [-0.4, -0.2) is 94.8 Å². The summed E-state index contributed by atoms with van der Waals surface area (Å²) in [5.41, 5.74) is 0. The Kier molecular flexibility index (Phi) is 28.1. The second-order valence-corrected chi connectivity index (χ2v) is 10.9. The molecule has 1 unspecified atom stereocenters. The third-order valence-corrected chi connectivity index (χ3v) is 7.06. The van der Waals surface area contributed by atoms with E-state index in [1.165, 1.54) is 64.2 Å². The number of carbonyl (C=O) groups is 2. The Balaban J connectivity index is 0. The predicted octanol–water partition coefficient (Wildman–Crippen LogP) is 6.40. The first-order valence-electron chi connectivity index (χ1n) is 13.6. The third kappa shape index (κ3) is 24.6. The van der Waals surface area contributed by atoms with Crippen molar-refractivity contribution in [2.45, 2.75) is 141 Å². The van der Waals surface area contributed by atoms with Crippen LogP contribution in [0.3, 0.4) is 0 Å². The standard InChI is InChI=1S/C26H50O7S.K/c1-3-5-7-9-11-13-15-17-19-21-32-25(27)23-24(34(29,30)31)26(28)33-22-20-18-16-14-12-10-8-6-4-2;/h24H,3-23H2,1-2H3,(H,29,30,31);. The van der Waals surface area contributed by atoms with Crippen LogP contribution in [0, 0.1) is 0 Å². The van der Waals surface area contributed by atoms with E-state index in [9.17, 15) is 22.6 Å². The number of ether oxygens (including phenoxy) is 2. The quantitative estimate of drug-likeness (QED) is 0.0647. The van der Waals surface area contributed by atoms with Crippen LogP contribution >= 0.6 is 0 Å². The summed E-state index contributed by atoms with van der Waals surface area (Å²) in [5, 5.41) is -1.93. The van der Waals surface area contributed by atoms with E-state index in [4.69, 9.17) is 9.47 Å². The number of hydrogen-bond donors (Lipinski definition) is 1. The first kappa shape index (κ1) is 37.6. The zero-order chi connectivity index (χ0) is 25.5. The van der Waals surface area contributed by atoms with Crippen molar-refractivity contribution in [1.29, 1.82) is 0 Å². The van der Waals surface area contributed by atoms with Crippen molar-refractivity contribution in [3.63, 3.8) is 0 Å². The minimum atomic E-state index is -4.75. The van der Waals surface area contributed by atoms with Crippen molar-refractivity contribution >= 4 is 73.4 Å². The van der Waals surface area contributed by atoms with Crippen LogP contribution in [0.4, 0.5) is 0 Å². The molecule has 0 spiro atoms. The molecule has 7 nitrogen and oxygen atoms in total. The Morgan fingerprint density at radius 3 is 1.34 bits per heavy atom. The van der Waals surface area contributed by atoms with Gasteiger partial charge in [-0.15, -0.1) is 0 Å². The molecule has 0 saturated heterocycles. The van der Waals surface area contributed by atoms with Crippen molar-refractivity contribution in [3.8, 4) is 0 Å². The van der Waals surface area contributed by atoms with Gasteiger partial charge in [-0.3, -0.25) is 14.1 Å². The van der Waals surface area contributed by atoms with E-state index < -0.39 is 33.7 Å². The molecular weight excluding hydrogens is 495 g/mol. The third-order valence-electron chi connectivity index (χ3n) is 5.98. The van der Waals surface area contributed by atoms with Crippen LogP contribution in [-0.2, 0) is 29.2 Å².